The van der Waals surface area contributed by atoms with Crippen molar-refractivity contribution in [1.29, 1.82) is 0 Å². The second-order valence-corrected chi connectivity index (χ2v) is 9.28. The maximum atomic E-state index is 13.5. The van der Waals surface area contributed by atoms with Crippen molar-refractivity contribution in [2.45, 2.75) is 25.6 Å². The van der Waals surface area contributed by atoms with Gasteiger partial charge in [-0.05, 0) is 47.0 Å². The first-order valence-corrected chi connectivity index (χ1v) is 12.8. The van der Waals surface area contributed by atoms with Crippen LogP contribution in [0.2, 0.25) is 0 Å². The van der Waals surface area contributed by atoms with Crippen molar-refractivity contribution in [2.24, 2.45) is 0 Å². The molecule has 0 aliphatic rings. The quantitative estimate of drug-likeness (QED) is 0.172. The van der Waals surface area contributed by atoms with Crippen LogP contribution in [0, 0.1) is 0 Å². The summed E-state index contributed by atoms with van der Waals surface area (Å²) in [5, 5.41) is 0. The van der Waals surface area contributed by atoms with E-state index in [1.54, 1.807) is 54.7 Å². The Balaban J connectivity index is 1.47. The number of nitrogens with zero attached hydrogens (tertiary/aromatic N) is 1. The van der Waals surface area contributed by atoms with Crippen LogP contribution in [-0.4, -0.2) is 4.98 Å². The summed E-state index contributed by atoms with van der Waals surface area (Å²) in [6.07, 6.45) is -7.55. The molecule has 0 amide bonds. The Labute approximate surface area is 238 Å². The summed E-state index contributed by atoms with van der Waals surface area (Å²) in [7, 11) is 0. The Morgan fingerprint density at radius 3 is 1.45 bits per heavy atom. The Bertz CT molecular complexity index is 1560. The van der Waals surface area contributed by atoms with Crippen molar-refractivity contribution in [3.05, 3.63) is 138 Å². The predicted octanol–water partition coefficient (Wildman–Crippen LogP) is 9.61. The maximum Gasteiger partial charge on any atom is 0.419 e. The number of halogens is 6. The molecule has 3 nitrogen and oxygen atoms in total. The van der Waals surface area contributed by atoms with Crippen LogP contribution in [0.5, 0.6) is 11.5 Å². The Hall–Kier alpha value is -4.79. The fourth-order valence-electron chi connectivity index (χ4n) is 4.59. The summed E-state index contributed by atoms with van der Waals surface area (Å²) < 4.78 is 92.3. The molecular weight excluding hydrogens is 556 g/mol. The summed E-state index contributed by atoms with van der Waals surface area (Å²) in [5.74, 6) is -0.574. The zero-order valence-electron chi connectivity index (χ0n) is 21.9. The number of hydrogen-bond acceptors (Lipinski definition) is 3. The monoisotopic (exact) mass is 579 g/mol. The van der Waals surface area contributed by atoms with Crippen molar-refractivity contribution < 1.29 is 35.8 Å². The van der Waals surface area contributed by atoms with Gasteiger partial charge in [0.15, 0.2) is 0 Å². The van der Waals surface area contributed by atoms with E-state index in [1.165, 1.54) is 36.4 Å². The van der Waals surface area contributed by atoms with E-state index < -0.39 is 23.5 Å². The molecule has 0 fully saturated rings. The topological polar surface area (TPSA) is 31.4 Å². The standard InChI is InChI=1S/C33H23F6NO2/c34-32(35,36)27-15-5-7-17-29(27)41-20-22-10-1-3-12-24(22)26-14-9-19-40-31(26)25-13-4-2-11-23(25)21-42-30-18-8-6-16-28(30)33(37,38)39/h1-19H,20-21H2. The number of benzene rings is 4. The minimum Gasteiger partial charge on any atom is -0.488 e. The van der Waals surface area contributed by atoms with Gasteiger partial charge in [-0.2, -0.15) is 26.3 Å². The number of para-hydroxylation sites is 2. The molecule has 0 saturated heterocycles. The van der Waals surface area contributed by atoms with Gasteiger partial charge in [0.25, 0.3) is 0 Å². The second-order valence-electron chi connectivity index (χ2n) is 9.28. The molecule has 0 N–H and O–H groups in total. The van der Waals surface area contributed by atoms with Crippen LogP contribution >= 0.6 is 0 Å². The Kier molecular flexibility index (Phi) is 8.20. The van der Waals surface area contributed by atoms with Gasteiger partial charge in [0.2, 0.25) is 0 Å². The van der Waals surface area contributed by atoms with E-state index in [0.29, 0.717) is 33.5 Å². The van der Waals surface area contributed by atoms with Gasteiger partial charge in [-0.15, -0.1) is 0 Å². The Morgan fingerprint density at radius 2 is 0.905 bits per heavy atom. The van der Waals surface area contributed by atoms with E-state index in [0.717, 1.165) is 12.1 Å². The summed E-state index contributed by atoms with van der Waals surface area (Å²) >= 11 is 0. The third-order valence-electron chi connectivity index (χ3n) is 6.54. The van der Waals surface area contributed by atoms with E-state index in [2.05, 4.69) is 4.98 Å². The number of ether oxygens (including phenoxy) is 2. The normalized spacial score (nSPS) is 11.8. The van der Waals surface area contributed by atoms with Gasteiger partial charge in [0.1, 0.15) is 24.7 Å². The zero-order chi connectivity index (χ0) is 29.7. The van der Waals surface area contributed by atoms with E-state index in [1.807, 2.05) is 12.1 Å². The zero-order valence-corrected chi connectivity index (χ0v) is 21.9. The van der Waals surface area contributed by atoms with Gasteiger partial charge in [-0.3, -0.25) is 4.98 Å². The van der Waals surface area contributed by atoms with Crippen LogP contribution < -0.4 is 9.47 Å². The lowest BCUT2D eigenvalue weighted by molar-refractivity contribution is -0.139. The van der Waals surface area contributed by atoms with Crippen LogP contribution in [0.1, 0.15) is 22.3 Å². The van der Waals surface area contributed by atoms with Crippen LogP contribution in [0.4, 0.5) is 26.3 Å². The third-order valence-corrected chi connectivity index (χ3v) is 6.54. The minimum atomic E-state index is -4.57. The maximum absolute atomic E-state index is 13.5. The number of hydrogen-bond donors (Lipinski definition) is 0. The molecule has 5 aromatic rings. The lowest BCUT2D eigenvalue weighted by atomic mass is 9.93. The number of pyridine rings is 1. The van der Waals surface area contributed by atoms with Crippen molar-refractivity contribution >= 4 is 0 Å². The largest absolute Gasteiger partial charge is 0.488 e. The van der Waals surface area contributed by atoms with E-state index in [-0.39, 0.29) is 24.7 Å². The van der Waals surface area contributed by atoms with Gasteiger partial charge in [-0.25, -0.2) is 0 Å². The smallest absolute Gasteiger partial charge is 0.419 e. The molecular formula is C33H23F6NO2. The number of rotatable bonds is 8. The highest BCUT2D eigenvalue weighted by molar-refractivity contribution is 5.83. The first-order chi connectivity index (χ1) is 20.1. The van der Waals surface area contributed by atoms with Crippen molar-refractivity contribution in [3.8, 4) is 33.9 Å². The lowest BCUT2D eigenvalue weighted by Crippen LogP contribution is -2.09. The average Bonchev–Trinajstić information content (AvgIpc) is 2.99. The number of aromatic nitrogens is 1. The predicted molar refractivity (Wildman–Crippen MR) is 147 cm³/mol. The lowest BCUT2D eigenvalue weighted by Gasteiger charge is -2.18. The molecule has 0 aliphatic carbocycles. The van der Waals surface area contributed by atoms with Crippen molar-refractivity contribution in [3.63, 3.8) is 0 Å². The fourth-order valence-corrected chi connectivity index (χ4v) is 4.59. The molecule has 5 rings (SSSR count). The van der Waals surface area contributed by atoms with Gasteiger partial charge in [-0.1, -0.05) is 78.9 Å². The molecule has 0 spiro atoms. The number of alkyl halides is 6. The molecule has 0 atom stereocenters. The van der Waals surface area contributed by atoms with Crippen molar-refractivity contribution in [2.75, 3.05) is 0 Å². The van der Waals surface area contributed by atoms with Gasteiger partial charge < -0.3 is 9.47 Å². The summed E-state index contributed by atoms with van der Waals surface area (Å²) in [4.78, 5) is 4.58. The summed E-state index contributed by atoms with van der Waals surface area (Å²) in [6.45, 7) is -0.297. The van der Waals surface area contributed by atoms with Gasteiger partial charge in [0, 0.05) is 17.3 Å². The minimum absolute atomic E-state index is 0.142. The first-order valence-electron chi connectivity index (χ1n) is 12.8. The van der Waals surface area contributed by atoms with Crippen LogP contribution in [-0.2, 0) is 25.6 Å². The highest BCUT2D eigenvalue weighted by Crippen LogP contribution is 2.39. The van der Waals surface area contributed by atoms with Gasteiger partial charge in [0.05, 0.1) is 16.8 Å². The first kappa shape index (κ1) is 28.7. The molecule has 1 aromatic heterocycles. The average molecular weight is 580 g/mol. The highest BCUT2D eigenvalue weighted by Gasteiger charge is 2.35. The second kappa shape index (κ2) is 12.0. The van der Waals surface area contributed by atoms with Crippen LogP contribution in [0.25, 0.3) is 22.4 Å². The summed E-state index contributed by atoms with van der Waals surface area (Å²) in [5.41, 5.74) is 2.00. The summed E-state index contributed by atoms with van der Waals surface area (Å²) in [6, 6.07) is 27.7. The molecule has 0 aliphatic heterocycles. The van der Waals surface area contributed by atoms with Crippen molar-refractivity contribution in [1.82, 2.24) is 4.98 Å². The molecule has 214 valence electrons. The molecule has 0 saturated carbocycles. The van der Waals surface area contributed by atoms with E-state index in [9.17, 15) is 26.3 Å². The third kappa shape index (κ3) is 6.40. The molecule has 0 bridgehead atoms. The fraction of sp³-hybridized carbons (Fsp3) is 0.121. The highest BCUT2D eigenvalue weighted by atomic mass is 19.4. The molecule has 0 unspecified atom stereocenters. The Morgan fingerprint density at radius 1 is 0.476 bits per heavy atom. The molecule has 1 heterocycles. The van der Waals surface area contributed by atoms with Crippen LogP contribution in [0.3, 0.4) is 0 Å². The molecule has 42 heavy (non-hydrogen) atoms. The van der Waals surface area contributed by atoms with Crippen LogP contribution in [0.15, 0.2) is 115 Å². The SMILES string of the molecule is FC(F)(F)c1ccccc1OCc1ccccc1-c1cccnc1-c1ccccc1COc1ccccc1C(F)(F)F. The molecule has 0 radical (unpaired) electrons. The molecule has 4 aromatic carbocycles. The molecule has 9 heteroatoms. The van der Waals surface area contributed by atoms with E-state index >= 15 is 0 Å². The van der Waals surface area contributed by atoms with Gasteiger partial charge >= 0.3 is 12.4 Å². The van der Waals surface area contributed by atoms with E-state index in [4.69, 9.17) is 9.47 Å².